The molecule has 4 heteroatoms. The zero-order valence-electron chi connectivity index (χ0n) is 7.05. The highest BCUT2D eigenvalue weighted by Crippen LogP contribution is 2.16. The highest BCUT2D eigenvalue weighted by Gasteiger charge is 1.97. The smallest absolute Gasteiger partial charge is 0.103 e. The Labute approximate surface area is 86.5 Å². The number of halogens is 1. The third-order valence-electron chi connectivity index (χ3n) is 1.31. The van der Waals surface area contributed by atoms with Gasteiger partial charge >= 0.3 is 0 Å². The van der Waals surface area contributed by atoms with Crippen molar-refractivity contribution in [2.24, 2.45) is 0 Å². The van der Waals surface area contributed by atoms with Gasteiger partial charge in [0.1, 0.15) is 5.01 Å². The standard InChI is InChI=1S/C8H12ClNS2/c1-7-5-12-8(10-7)6-11-4-2-3-9/h5H,2-4,6H2,1H3. The Morgan fingerprint density at radius 1 is 1.67 bits per heavy atom. The van der Waals surface area contributed by atoms with E-state index < -0.39 is 0 Å². The van der Waals surface area contributed by atoms with Crippen LogP contribution in [-0.2, 0) is 5.75 Å². The van der Waals surface area contributed by atoms with Crippen molar-refractivity contribution >= 4 is 34.7 Å². The van der Waals surface area contributed by atoms with Crippen molar-refractivity contribution in [3.8, 4) is 0 Å². The minimum Gasteiger partial charge on any atom is -0.246 e. The minimum absolute atomic E-state index is 0.768. The van der Waals surface area contributed by atoms with Crippen LogP contribution in [-0.4, -0.2) is 16.6 Å². The van der Waals surface area contributed by atoms with E-state index in [1.165, 1.54) is 5.01 Å². The molecular formula is C8H12ClNS2. The summed E-state index contributed by atoms with van der Waals surface area (Å²) in [6, 6.07) is 0. The molecule has 0 amide bonds. The second-order valence-corrected chi connectivity index (χ2v) is 4.90. The fourth-order valence-electron chi connectivity index (χ4n) is 0.785. The van der Waals surface area contributed by atoms with E-state index in [0.717, 1.165) is 29.5 Å². The molecule has 1 nitrogen and oxygen atoms in total. The Hall–Kier alpha value is 0.270. The zero-order valence-corrected chi connectivity index (χ0v) is 9.44. The fraction of sp³-hybridized carbons (Fsp3) is 0.625. The largest absolute Gasteiger partial charge is 0.246 e. The summed E-state index contributed by atoms with van der Waals surface area (Å²) in [6.07, 6.45) is 1.09. The summed E-state index contributed by atoms with van der Waals surface area (Å²) in [4.78, 5) is 4.37. The highest BCUT2D eigenvalue weighted by atomic mass is 35.5. The van der Waals surface area contributed by atoms with Gasteiger partial charge in [-0.2, -0.15) is 11.8 Å². The van der Waals surface area contributed by atoms with Crippen LogP contribution >= 0.6 is 34.7 Å². The fourth-order valence-corrected chi connectivity index (χ4v) is 2.89. The molecule has 0 N–H and O–H groups in total. The van der Waals surface area contributed by atoms with Crippen molar-refractivity contribution in [2.45, 2.75) is 19.1 Å². The summed E-state index contributed by atoms with van der Waals surface area (Å²) in [5.74, 6) is 2.95. The molecule has 0 aromatic carbocycles. The maximum atomic E-state index is 5.56. The van der Waals surface area contributed by atoms with Crippen LogP contribution in [0.3, 0.4) is 0 Å². The van der Waals surface area contributed by atoms with E-state index in [1.807, 2.05) is 18.7 Å². The van der Waals surface area contributed by atoms with E-state index in [4.69, 9.17) is 11.6 Å². The average Bonchev–Trinajstić information content (AvgIpc) is 2.45. The first-order chi connectivity index (χ1) is 5.83. The van der Waals surface area contributed by atoms with Crippen molar-refractivity contribution in [3.63, 3.8) is 0 Å². The highest BCUT2D eigenvalue weighted by molar-refractivity contribution is 7.98. The minimum atomic E-state index is 0.768. The molecule has 0 aliphatic heterocycles. The Bertz CT molecular complexity index is 225. The van der Waals surface area contributed by atoms with Crippen LogP contribution in [0, 0.1) is 6.92 Å². The van der Waals surface area contributed by atoms with Gasteiger partial charge in [0, 0.05) is 22.7 Å². The van der Waals surface area contributed by atoms with Gasteiger partial charge < -0.3 is 0 Å². The molecule has 0 unspecified atom stereocenters. The molecule has 1 aromatic heterocycles. The summed E-state index contributed by atoms with van der Waals surface area (Å²) < 4.78 is 0. The van der Waals surface area contributed by atoms with E-state index in [-0.39, 0.29) is 0 Å². The number of aromatic nitrogens is 1. The van der Waals surface area contributed by atoms with Crippen molar-refractivity contribution < 1.29 is 0 Å². The zero-order chi connectivity index (χ0) is 8.81. The first kappa shape index (κ1) is 10.4. The molecule has 0 bridgehead atoms. The van der Waals surface area contributed by atoms with Crippen molar-refractivity contribution in [1.29, 1.82) is 0 Å². The molecule has 1 rings (SSSR count). The van der Waals surface area contributed by atoms with Crippen LogP contribution in [0.25, 0.3) is 0 Å². The molecule has 0 fully saturated rings. The van der Waals surface area contributed by atoms with Crippen LogP contribution in [0.2, 0.25) is 0 Å². The lowest BCUT2D eigenvalue weighted by Gasteiger charge is -1.95. The lowest BCUT2D eigenvalue weighted by Crippen LogP contribution is -1.83. The summed E-state index contributed by atoms with van der Waals surface area (Å²) >= 11 is 9.21. The first-order valence-electron chi connectivity index (χ1n) is 3.87. The van der Waals surface area contributed by atoms with E-state index in [9.17, 15) is 0 Å². The van der Waals surface area contributed by atoms with Gasteiger partial charge in [-0.15, -0.1) is 22.9 Å². The number of rotatable bonds is 5. The molecule has 1 aromatic rings. The molecule has 0 saturated carbocycles. The van der Waals surface area contributed by atoms with Gasteiger partial charge in [0.2, 0.25) is 0 Å². The Morgan fingerprint density at radius 2 is 2.50 bits per heavy atom. The van der Waals surface area contributed by atoms with Gasteiger partial charge in [-0.3, -0.25) is 0 Å². The Morgan fingerprint density at radius 3 is 3.08 bits per heavy atom. The van der Waals surface area contributed by atoms with Crippen LogP contribution in [0.1, 0.15) is 17.1 Å². The van der Waals surface area contributed by atoms with Gasteiger partial charge in [0.05, 0.1) is 0 Å². The van der Waals surface area contributed by atoms with Crippen molar-refractivity contribution in [1.82, 2.24) is 4.98 Å². The maximum Gasteiger partial charge on any atom is 0.103 e. The number of hydrogen-bond acceptors (Lipinski definition) is 3. The van der Waals surface area contributed by atoms with Crippen LogP contribution in [0.5, 0.6) is 0 Å². The van der Waals surface area contributed by atoms with Crippen molar-refractivity contribution in [2.75, 3.05) is 11.6 Å². The van der Waals surface area contributed by atoms with E-state index in [2.05, 4.69) is 10.4 Å². The van der Waals surface area contributed by atoms with Gasteiger partial charge in [-0.05, 0) is 19.1 Å². The SMILES string of the molecule is Cc1csc(CSCCCCl)n1. The summed E-state index contributed by atoms with van der Waals surface area (Å²) in [7, 11) is 0. The maximum absolute atomic E-state index is 5.56. The number of nitrogens with zero attached hydrogens (tertiary/aromatic N) is 1. The quantitative estimate of drug-likeness (QED) is 0.559. The number of thioether (sulfide) groups is 1. The van der Waals surface area contributed by atoms with Crippen molar-refractivity contribution in [3.05, 3.63) is 16.1 Å². The van der Waals surface area contributed by atoms with Gasteiger partial charge in [-0.1, -0.05) is 0 Å². The van der Waals surface area contributed by atoms with Gasteiger partial charge in [0.15, 0.2) is 0 Å². The molecule has 0 spiro atoms. The Balaban J connectivity index is 2.15. The lowest BCUT2D eigenvalue weighted by atomic mass is 10.6. The van der Waals surface area contributed by atoms with Crippen LogP contribution in [0.15, 0.2) is 5.38 Å². The van der Waals surface area contributed by atoms with Gasteiger partial charge in [0.25, 0.3) is 0 Å². The van der Waals surface area contributed by atoms with E-state index in [0.29, 0.717) is 0 Å². The average molecular weight is 222 g/mol. The predicted molar refractivity (Wildman–Crippen MR) is 58.4 cm³/mol. The van der Waals surface area contributed by atoms with E-state index >= 15 is 0 Å². The number of aryl methyl sites for hydroxylation is 1. The molecule has 0 saturated heterocycles. The molecule has 0 radical (unpaired) electrons. The Kier molecular flexibility index (Phi) is 5.04. The third-order valence-corrected chi connectivity index (χ3v) is 3.79. The molecule has 1 heterocycles. The lowest BCUT2D eigenvalue weighted by molar-refractivity contribution is 1.11. The molecule has 0 atom stereocenters. The monoisotopic (exact) mass is 221 g/mol. The number of alkyl halides is 1. The first-order valence-corrected chi connectivity index (χ1v) is 6.44. The normalized spacial score (nSPS) is 10.5. The molecule has 68 valence electrons. The molecule has 0 aliphatic rings. The summed E-state index contributed by atoms with van der Waals surface area (Å²) in [5, 5.41) is 3.32. The molecule has 0 aliphatic carbocycles. The predicted octanol–water partition coefficient (Wildman–Crippen LogP) is 3.31. The summed E-state index contributed by atoms with van der Waals surface area (Å²) in [5.41, 5.74) is 1.13. The number of thiazole rings is 1. The molecule has 12 heavy (non-hydrogen) atoms. The third kappa shape index (κ3) is 3.78. The number of hydrogen-bond donors (Lipinski definition) is 0. The van der Waals surface area contributed by atoms with Crippen LogP contribution in [0.4, 0.5) is 0 Å². The second kappa shape index (κ2) is 5.84. The molecular weight excluding hydrogens is 210 g/mol. The topological polar surface area (TPSA) is 12.9 Å². The second-order valence-electron chi connectivity index (χ2n) is 2.48. The summed E-state index contributed by atoms with van der Waals surface area (Å²) in [6.45, 7) is 2.03. The van der Waals surface area contributed by atoms with Gasteiger partial charge in [-0.25, -0.2) is 4.98 Å². The van der Waals surface area contributed by atoms with Crippen LogP contribution < -0.4 is 0 Å². The van der Waals surface area contributed by atoms with E-state index in [1.54, 1.807) is 11.3 Å².